The van der Waals surface area contributed by atoms with E-state index in [1.165, 1.54) is 0 Å². The van der Waals surface area contributed by atoms with E-state index in [9.17, 15) is 4.79 Å². The highest BCUT2D eigenvalue weighted by molar-refractivity contribution is 6.45. The minimum Gasteiger partial charge on any atom is -0.444 e. The van der Waals surface area contributed by atoms with Crippen LogP contribution in [0.4, 0.5) is 10.5 Å². The predicted molar refractivity (Wildman–Crippen MR) is 105 cm³/mol. The van der Waals surface area contributed by atoms with Crippen LogP contribution in [-0.4, -0.2) is 41.2 Å². The van der Waals surface area contributed by atoms with Gasteiger partial charge in [-0.1, -0.05) is 12.1 Å². The van der Waals surface area contributed by atoms with Crippen LogP contribution in [0, 0.1) is 16.7 Å². The number of rotatable bonds is 4. The molecule has 1 heterocycles. The first-order valence-electron chi connectivity index (χ1n) is 8.85. The Balaban J connectivity index is 2.01. The van der Waals surface area contributed by atoms with Gasteiger partial charge in [0.2, 0.25) is 5.71 Å². The van der Waals surface area contributed by atoms with Crippen LogP contribution in [-0.2, 0) is 4.74 Å². The fourth-order valence-corrected chi connectivity index (χ4v) is 2.84. The topological polar surface area (TPSA) is 128 Å². The number of hydrogen-bond acceptors (Lipinski definition) is 6. The van der Waals surface area contributed by atoms with Crippen LogP contribution >= 0.6 is 0 Å². The lowest BCUT2D eigenvalue weighted by Gasteiger charge is -2.34. The molecule has 0 aromatic heterocycles. The third-order valence-electron chi connectivity index (χ3n) is 4.11. The van der Waals surface area contributed by atoms with Crippen LogP contribution in [0.2, 0.25) is 0 Å². The van der Waals surface area contributed by atoms with Crippen LogP contribution < -0.4 is 11.2 Å². The summed E-state index contributed by atoms with van der Waals surface area (Å²) >= 11 is 0. The molecule has 1 unspecified atom stereocenters. The van der Waals surface area contributed by atoms with Crippen molar-refractivity contribution in [3.05, 3.63) is 29.8 Å². The molecule has 0 spiro atoms. The van der Waals surface area contributed by atoms with Crippen LogP contribution in [0.5, 0.6) is 0 Å². The lowest BCUT2D eigenvalue weighted by Crippen LogP contribution is -2.42. The van der Waals surface area contributed by atoms with Gasteiger partial charge in [0.05, 0.1) is 5.69 Å². The molecule has 1 aliphatic heterocycles. The molecule has 1 aromatic rings. The number of nitriles is 1. The van der Waals surface area contributed by atoms with E-state index in [4.69, 9.17) is 21.1 Å². The molecule has 1 atom stereocenters. The number of nitrogens with two attached hydrogens (primary N) is 1. The van der Waals surface area contributed by atoms with Gasteiger partial charge in [0.1, 0.15) is 11.7 Å². The van der Waals surface area contributed by atoms with Gasteiger partial charge in [0.15, 0.2) is 5.84 Å². The largest absolute Gasteiger partial charge is 0.444 e. The highest BCUT2D eigenvalue weighted by atomic mass is 16.6. The van der Waals surface area contributed by atoms with Crippen LogP contribution in [0.25, 0.3) is 0 Å². The maximum absolute atomic E-state index is 12.3. The number of anilines is 1. The molecule has 1 aliphatic rings. The summed E-state index contributed by atoms with van der Waals surface area (Å²) in [5.41, 5.74) is 9.13. The first kappa shape index (κ1) is 20.2. The Labute approximate surface area is 159 Å². The van der Waals surface area contributed by atoms with Gasteiger partial charge in [-0.25, -0.2) is 4.79 Å². The molecular weight excluding hydrogens is 344 g/mol. The minimum absolute atomic E-state index is 0.167. The molecule has 8 heteroatoms. The van der Waals surface area contributed by atoms with E-state index in [2.05, 4.69) is 10.5 Å². The molecule has 1 aromatic carbocycles. The normalized spacial score (nSPS) is 17.8. The van der Waals surface area contributed by atoms with Gasteiger partial charge < -0.3 is 15.4 Å². The Bertz CT molecular complexity index is 758. The van der Waals surface area contributed by atoms with Crippen molar-refractivity contribution >= 4 is 23.3 Å². The SMILES string of the molecule is CC(C)(C)OC(=O)N1CCCC(c2ccc(N/N=C(\C#N)C(=N)N)cc2)C1. The second-order valence-electron chi connectivity index (χ2n) is 7.49. The van der Waals surface area contributed by atoms with E-state index in [1.54, 1.807) is 11.0 Å². The molecular formula is C19H26N6O2. The number of hydrazone groups is 1. The van der Waals surface area contributed by atoms with E-state index in [1.807, 2.05) is 45.0 Å². The monoisotopic (exact) mass is 370 g/mol. The first-order valence-corrected chi connectivity index (χ1v) is 8.85. The zero-order valence-electron chi connectivity index (χ0n) is 16.0. The molecule has 2 rings (SSSR count). The molecule has 0 aliphatic carbocycles. The number of piperidine rings is 1. The van der Waals surface area contributed by atoms with Crippen LogP contribution in [0.3, 0.4) is 0 Å². The Hall–Kier alpha value is -3.08. The number of carbonyl (C=O) groups is 1. The van der Waals surface area contributed by atoms with E-state index in [0.29, 0.717) is 18.8 Å². The number of nitrogens with zero attached hydrogens (tertiary/aromatic N) is 3. The van der Waals surface area contributed by atoms with E-state index < -0.39 is 5.60 Å². The minimum atomic E-state index is -0.500. The number of benzene rings is 1. The van der Waals surface area contributed by atoms with E-state index in [0.717, 1.165) is 18.4 Å². The lowest BCUT2D eigenvalue weighted by molar-refractivity contribution is 0.0198. The molecule has 0 bridgehead atoms. The van der Waals surface area contributed by atoms with Crippen molar-refractivity contribution in [2.24, 2.45) is 10.8 Å². The summed E-state index contributed by atoms with van der Waals surface area (Å²) in [5.74, 6) is -0.137. The number of ether oxygens (including phenoxy) is 1. The van der Waals surface area contributed by atoms with Gasteiger partial charge in [-0.15, -0.1) is 0 Å². The number of hydrogen-bond donors (Lipinski definition) is 3. The van der Waals surface area contributed by atoms with Crippen LogP contribution in [0.1, 0.15) is 45.1 Å². The van der Waals surface area contributed by atoms with Gasteiger partial charge >= 0.3 is 6.09 Å². The second-order valence-corrected chi connectivity index (χ2v) is 7.49. The maximum Gasteiger partial charge on any atom is 0.410 e. The summed E-state index contributed by atoms with van der Waals surface area (Å²) in [6.45, 7) is 6.93. The van der Waals surface area contributed by atoms with Crippen molar-refractivity contribution < 1.29 is 9.53 Å². The number of amidine groups is 1. The Morgan fingerprint density at radius 3 is 2.63 bits per heavy atom. The molecule has 1 fully saturated rings. The van der Waals surface area contributed by atoms with Gasteiger partial charge in [0, 0.05) is 19.0 Å². The van der Waals surface area contributed by atoms with Crippen molar-refractivity contribution in [2.45, 2.75) is 45.1 Å². The number of likely N-dealkylation sites (tertiary alicyclic amines) is 1. The van der Waals surface area contributed by atoms with Gasteiger partial charge in [-0.05, 0) is 51.3 Å². The highest BCUT2D eigenvalue weighted by Crippen LogP contribution is 2.28. The summed E-state index contributed by atoms with van der Waals surface area (Å²) in [7, 11) is 0. The van der Waals surface area contributed by atoms with Crippen LogP contribution in [0.15, 0.2) is 29.4 Å². The van der Waals surface area contributed by atoms with Gasteiger partial charge in [-0.3, -0.25) is 10.8 Å². The fourth-order valence-electron chi connectivity index (χ4n) is 2.84. The number of amides is 1. The molecule has 4 N–H and O–H groups in total. The zero-order valence-corrected chi connectivity index (χ0v) is 16.0. The number of carbonyl (C=O) groups excluding carboxylic acids is 1. The maximum atomic E-state index is 12.3. The molecule has 0 radical (unpaired) electrons. The third kappa shape index (κ3) is 5.99. The zero-order chi connectivity index (χ0) is 20.0. The van der Waals surface area contributed by atoms with Gasteiger partial charge in [0.25, 0.3) is 0 Å². The van der Waals surface area contributed by atoms with Crippen molar-refractivity contribution in [1.29, 1.82) is 10.7 Å². The molecule has 1 amide bonds. The average molecular weight is 370 g/mol. The van der Waals surface area contributed by atoms with Crippen molar-refractivity contribution in [1.82, 2.24) is 4.90 Å². The van der Waals surface area contributed by atoms with E-state index in [-0.39, 0.29) is 23.6 Å². The predicted octanol–water partition coefficient (Wildman–Crippen LogP) is 3.03. The van der Waals surface area contributed by atoms with E-state index >= 15 is 0 Å². The molecule has 27 heavy (non-hydrogen) atoms. The third-order valence-corrected chi connectivity index (χ3v) is 4.11. The smallest absolute Gasteiger partial charge is 0.410 e. The Kier molecular flexibility index (Phi) is 6.40. The summed E-state index contributed by atoms with van der Waals surface area (Å²) in [6.07, 6.45) is 1.67. The first-order chi connectivity index (χ1) is 12.7. The Morgan fingerprint density at radius 2 is 2.07 bits per heavy atom. The Morgan fingerprint density at radius 1 is 1.41 bits per heavy atom. The standard InChI is InChI=1S/C19H26N6O2/c1-19(2,3)27-18(26)25-10-4-5-14(12-25)13-6-8-15(9-7-13)23-24-16(11-20)17(21)22/h6-9,14,23H,4-5,10,12H2,1-3H3,(H3,21,22)/b24-16+. The van der Waals surface area contributed by atoms with Crippen molar-refractivity contribution in [3.63, 3.8) is 0 Å². The molecule has 144 valence electrons. The molecule has 8 nitrogen and oxygen atoms in total. The summed E-state index contributed by atoms with van der Waals surface area (Å²) in [4.78, 5) is 14.1. The summed E-state index contributed by atoms with van der Waals surface area (Å²) < 4.78 is 5.47. The van der Waals surface area contributed by atoms with Crippen molar-refractivity contribution in [2.75, 3.05) is 18.5 Å². The average Bonchev–Trinajstić information content (AvgIpc) is 2.61. The molecule has 1 saturated heterocycles. The second kappa shape index (κ2) is 8.54. The fraction of sp³-hybridized carbons (Fsp3) is 0.474. The van der Waals surface area contributed by atoms with Crippen molar-refractivity contribution in [3.8, 4) is 6.07 Å². The highest BCUT2D eigenvalue weighted by Gasteiger charge is 2.28. The lowest BCUT2D eigenvalue weighted by atomic mass is 9.91. The molecule has 0 saturated carbocycles. The van der Waals surface area contributed by atoms with Gasteiger partial charge in [-0.2, -0.15) is 10.4 Å². The number of nitrogens with one attached hydrogen (secondary N) is 2. The quantitative estimate of drug-likeness (QED) is 0.426. The summed E-state index contributed by atoms with van der Waals surface area (Å²) in [5, 5.41) is 19.9. The summed E-state index contributed by atoms with van der Waals surface area (Å²) in [6, 6.07) is 9.40.